The van der Waals surface area contributed by atoms with Gasteiger partial charge in [0.05, 0.1) is 0 Å². The van der Waals surface area contributed by atoms with Crippen molar-refractivity contribution in [3.63, 3.8) is 0 Å². The van der Waals surface area contributed by atoms with Crippen LogP contribution in [0.2, 0.25) is 5.28 Å². The smallest absolute Gasteiger partial charge is 0.387 e. The molecular formula is C8H4Cl2F2N2O3S. The Morgan fingerprint density at radius 1 is 1.39 bits per heavy atom. The summed E-state index contributed by atoms with van der Waals surface area (Å²) >= 11 is 5.57. The highest BCUT2D eigenvalue weighted by Gasteiger charge is 2.21. The molecule has 0 radical (unpaired) electrons. The summed E-state index contributed by atoms with van der Waals surface area (Å²) < 4.78 is 51.1. The number of aromatic nitrogens is 2. The zero-order valence-corrected chi connectivity index (χ0v) is 10.7. The summed E-state index contributed by atoms with van der Waals surface area (Å²) in [6.45, 7) is -3.06. The van der Waals surface area contributed by atoms with Crippen molar-refractivity contribution in [2.75, 3.05) is 0 Å². The molecule has 0 aliphatic rings. The van der Waals surface area contributed by atoms with Gasteiger partial charge >= 0.3 is 6.61 Å². The van der Waals surface area contributed by atoms with Crippen LogP contribution in [0.5, 0.6) is 5.75 Å². The second-order valence-electron chi connectivity index (χ2n) is 3.13. The minimum Gasteiger partial charge on any atom is -0.433 e. The third-order valence-electron chi connectivity index (χ3n) is 2.02. The maximum atomic E-state index is 12.2. The van der Waals surface area contributed by atoms with E-state index in [-0.39, 0.29) is 27.0 Å². The van der Waals surface area contributed by atoms with Gasteiger partial charge < -0.3 is 9.72 Å². The number of ether oxygens (including phenoxy) is 1. The first-order valence-corrected chi connectivity index (χ1v) is 7.05. The van der Waals surface area contributed by atoms with Crippen LogP contribution in [0.4, 0.5) is 8.78 Å². The Balaban J connectivity index is 2.74. The van der Waals surface area contributed by atoms with Crippen LogP contribution in [-0.4, -0.2) is 25.0 Å². The number of alkyl halides is 2. The SMILES string of the molecule is O=S(=O)(Cl)c1ccc(OC(F)F)c2[nH]c(Cl)nc12. The van der Waals surface area contributed by atoms with E-state index in [0.29, 0.717) is 0 Å². The fraction of sp³-hybridized carbons (Fsp3) is 0.125. The molecule has 0 saturated carbocycles. The van der Waals surface area contributed by atoms with Gasteiger partial charge in [0.2, 0.25) is 5.28 Å². The van der Waals surface area contributed by atoms with Crippen LogP contribution in [0.1, 0.15) is 0 Å². The van der Waals surface area contributed by atoms with Crippen molar-refractivity contribution in [1.29, 1.82) is 0 Å². The van der Waals surface area contributed by atoms with E-state index in [1.807, 2.05) is 0 Å². The Morgan fingerprint density at radius 3 is 2.61 bits per heavy atom. The van der Waals surface area contributed by atoms with E-state index in [4.69, 9.17) is 22.3 Å². The second kappa shape index (κ2) is 4.52. The number of halogens is 4. The van der Waals surface area contributed by atoms with Gasteiger partial charge in [-0.1, -0.05) is 0 Å². The predicted octanol–water partition coefficient (Wildman–Crippen LogP) is 2.75. The predicted molar refractivity (Wildman–Crippen MR) is 60.8 cm³/mol. The van der Waals surface area contributed by atoms with Crippen molar-refractivity contribution in [2.45, 2.75) is 11.5 Å². The molecule has 2 aromatic rings. The first kappa shape index (κ1) is 13.3. The number of benzene rings is 1. The lowest BCUT2D eigenvalue weighted by Gasteiger charge is -2.06. The van der Waals surface area contributed by atoms with E-state index < -0.39 is 15.7 Å². The number of fused-ring (bicyclic) bond motifs is 1. The van der Waals surface area contributed by atoms with Gasteiger partial charge in [0.25, 0.3) is 9.05 Å². The standard InChI is InChI=1S/C8H4Cl2F2N2O3S/c9-7-13-5-3(17-8(11)12)1-2-4(6(5)14-7)18(10,15)16/h1-2,8H,(H,13,14). The van der Waals surface area contributed by atoms with Crippen molar-refractivity contribution in [1.82, 2.24) is 9.97 Å². The van der Waals surface area contributed by atoms with Crippen molar-refractivity contribution in [2.24, 2.45) is 0 Å². The van der Waals surface area contributed by atoms with Gasteiger partial charge in [0.15, 0.2) is 5.75 Å². The number of imidazole rings is 1. The molecule has 0 unspecified atom stereocenters. The molecule has 1 aromatic carbocycles. The highest BCUT2D eigenvalue weighted by atomic mass is 35.7. The van der Waals surface area contributed by atoms with Gasteiger partial charge in [0, 0.05) is 10.7 Å². The molecule has 0 amide bonds. The largest absolute Gasteiger partial charge is 0.433 e. The molecule has 98 valence electrons. The molecule has 10 heteroatoms. The fourth-order valence-corrected chi connectivity index (χ4v) is 2.57. The molecule has 1 N–H and O–H groups in total. The molecule has 1 heterocycles. The number of nitrogens with one attached hydrogen (secondary N) is 1. The van der Waals surface area contributed by atoms with E-state index in [1.165, 1.54) is 0 Å². The second-order valence-corrected chi connectivity index (χ2v) is 6.02. The zero-order valence-electron chi connectivity index (χ0n) is 8.32. The minimum absolute atomic E-state index is 0.0676. The number of hydrogen-bond donors (Lipinski definition) is 1. The number of rotatable bonds is 3. The molecule has 0 bridgehead atoms. The topological polar surface area (TPSA) is 72.1 Å². The van der Waals surface area contributed by atoms with E-state index in [0.717, 1.165) is 12.1 Å². The van der Waals surface area contributed by atoms with E-state index in [9.17, 15) is 17.2 Å². The fourth-order valence-electron chi connectivity index (χ4n) is 1.41. The summed E-state index contributed by atoms with van der Waals surface area (Å²) in [6.07, 6.45) is 0. The van der Waals surface area contributed by atoms with Crippen LogP contribution in [-0.2, 0) is 9.05 Å². The highest BCUT2D eigenvalue weighted by Crippen LogP contribution is 2.32. The Labute approximate surface area is 109 Å². The quantitative estimate of drug-likeness (QED) is 0.884. The minimum atomic E-state index is -4.07. The highest BCUT2D eigenvalue weighted by molar-refractivity contribution is 8.14. The molecular weight excluding hydrogens is 313 g/mol. The normalized spacial score (nSPS) is 12.3. The third-order valence-corrected chi connectivity index (χ3v) is 3.55. The first-order valence-electron chi connectivity index (χ1n) is 4.36. The molecule has 0 atom stereocenters. The average Bonchev–Trinajstić information content (AvgIpc) is 2.57. The van der Waals surface area contributed by atoms with Crippen LogP contribution < -0.4 is 4.74 Å². The lowest BCUT2D eigenvalue weighted by Crippen LogP contribution is -2.03. The van der Waals surface area contributed by atoms with Gasteiger partial charge in [-0.25, -0.2) is 13.4 Å². The molecule has 1 aromatic heterocycles. The molecule has 0 fully saturated rings. The maximum absolute atomic E-state index is 12.2. The summed E-state index contributed by atoms with van der Waals surface area (Å²) in [4.78, 5) is 5.74. The van der Waals surface area contributed by atoms with Crippen LogP contribution >= 0.6 is 22.3 Å². The van der Waals surface area contributed by atoms with E-state index >= 15 is 0 Å². The molecule has 5 nitrogen and oxygen atoms in total. The summed E-state index contributed by atoms with van der Waals surface area (Å²) in [5.41, 5.74) is -0.227. The van der Waals surface area contributed by atoms with E-state index in [2.05, 4.69) is 14.7 Å². The molecule has 0 spiro atoms. The molecule has 2 rings (SSSR count). The Bertz CT molecular complexity index is 702. The van der Waals surface area contributed by atoms with Crippen LogP contribution in [0.3, 0.4) is 0 Å². The maximum Gasteiger partial charge on any atom is 0.387 e. The summed E-state index contributed by atoms with van der Waals surface area (Å²) in [7, 11) is 1.12. The van der Waals surface area contributed by atoms with Gasteiger partial charge in [0.1, 0.15) is 15.9 Å². The van der Waals surface area contributed by atoms with E-state index in [1.54, 1.807) is 0 Å². The Morgan fingerprint density at radius 2 is 2.06 bits per heavy atom. The molecule has 0 aliphatic carbocycles. The van der Waals surface area contributed by atoms with Gasteiger partial charge in [-0.15, -0.1) is 0 Å². The Kier molecular flexibility index (Phi) is 3.35. The number of H-pyrrole nitrogens is 1. The van der Waals surface area contributed by atoms with Crippen molar-refractivity contribution in [3.8, 4) is 5.75 Å². The Hall–Kier alpha value is -1.12. The summed E-state index contributed by atoms with van der Waals surface area (Å²) in [5.74, 6) is -0.275. The monoisotopic (exact) mass is 316 g/mol. The average molecular weight is 317 g/mol. The van der Waals surface area contributed by atoms with Crippen molar-refractivity contribution in [3.05, 3.63) is 17.4 Å². The van der Waals surface area contributed by atoms with Gasteiger partial charge in [-0.2, -0.15) is 8.78 Å². The third kappa shape index (κ3) is 2.50. The lowest BCUT2D eigenvalue weighted by molar-refractivity contribution is -0.0489. The van der Waals surface area contributed by atoms with Crippen LogP contribution in [0.15, 0.2) is 17.0 Å². The van der Waals surface area contributed by atoms with Crippen molar-refractivity contribution < 1.29 is 21.9 Å². The molecule has 18 heavy (non-hydrogen) atoms. The number of nitrogens with zero attached hydrogens (tertiary/aromatic N) is 1. The van der Waals surface area contributed by atoms with Crippen LogP contribution in [0, 0.1) is 0 Å². The summed E-state index contributed by atoms with van der Waals surface area (Å²) in [6, 6.07) is 2.05. The lowest BCUT2D eigenvalue weighted by atomic mass is 10.3. The van der Waals surface area contributed by atoms with Gasteiger partial charge in [-0.3, -0.25) is 0 Å². The first-order chi connectivity index (χ1) is 8.29. The number of hydrogen-bond acceptors (Lipinski definition) is 4. The van der Waals surface area contributed by atoms with Crippen molar-refractivity contribution >= 4 is 42.4 Å². The zero-order chi connectivity index (χ0) is 13.5. The van der Waals surface area contributed by atoms with Crippen LogP contribution in [0.25, 0.3) is 11.0 Å². The van der Waals surface area contributed by atoms with Gasteiger partial charge in [-0.05, 0) is 23.7 Å². The number of aromatic amines is 1. The summed E-state index contributed by atoms with van der Waals surface area (Å²) in [5, 5.41) is -0.170. The molecule has 0 saturated heterocycles. The molecule has 0 aliphatic heterocycles.